The van der Waals surface area contributed by atoms with Crippen molar-refractivity contribution in [2.24, 2.45) is 0 Å². The van der Waals surface area contributed by atoms with Crippen LogP contribution in [0.2, 0.25) is 5.02 Å². The molecular weight excluding hydrogens is 280 g/mol. The molecule has 0 spiro atoms. The van der Waals surface area contributed by atoms with Gasteiger partial charge in [-0.25, -0.2) is 4.79 Å². The molecule has 0 fully saturated rings. The van der Waals surface area contributed by atoms with Crippen LogP contribution in [-0.4, -0.2) is 31.6 Å². The van der Waals surface area contributed by atoms with E-state index < -0.39 is 5.97 Å². The molecule has 20 heavy (non-hydrogen) atoms. The highest BCUT2D eigenvalue weighted by molar-refractivity contribution is 6.31. The lowest BCUT2D eigenvalue weighted by Gasteiger charge is -2.13. The highest BCUT2D eigenvalue weighted by atomic mass is 35.5. The van der Waals surface area contributed by atoms with Crippen LogP contribution in [0.3, 0.4) is 0 Å². The van der Waals surface area contributed by atoms with Gasteiger partial charge in [0, 0.05) is 11.1 Å². The van der Waals surface area contributed by atoms with E-state index in [4.69, 9.17) is 11.6 Å². The molecule has 1 rings (SSSR count). The first-order valence-electron chi connectivity index (χ1n) is 6.39. The molecular formula is C14H19ClN2O3. The molecule has 1 unspecified atom stereocenters. The topological polar surface area (TPSA) is 67.4 Å². The zero-order chi connectivity index (χ0) is 15.1. The van der Waals surface area contributed by atoms with Crippen LogP contribution in [0.1, 0.15) is 30.6 Å². The Kier molecular flexibility index (Phi) is 6.48. The van der Waals surface area contributed by atoms with E-state index in [1.807, 2.05) is 13.8 Å². The first kappa shape index (κ1) is 16.5. The van der Waals surface area contributed by atoms with Crippen molar-refractivity contribution in [2.75, 3.05) is 19.0 Å². The van der Waals surface area contributed by atoms with Gasteiger partial charge in [0.15, 0.2) is 0 Å². The summed E-state index contributed by atoms with van der Waals surface area (Å²) in [5.74, 6) is -0.768. The van der Waals surface area contributed by atoms with Gasteiger partial charge in [0.2, 0.25) is 5.91 Å². The Hall–Kier alpha value is -1.59. The van der Waals surface area contributed by atoms with Gasteiger partial charge in [-0.3, -0.25) is 4.79 Å². The summed E-state index contributed by atoms with van der Waals surface area (Å²) in [6.45, 7) is 4.21. The van der Waals surface area contributed by atoms with Crippen molar-refractivity contribution < 1.29 is 14.3 Å². The summed E-state index contributed by atoms with van der Waals surface area (Å²) in [6, 6.07) is 4.90. The van der Waals surface area contributed by atoms with Crippen molar-refractivity contribution in [3.8, 4) is 0 Å². The van der Waals surface area contributed by atoms with Gasteiger partial charge < -0.3 is 15.4 Å². The van der Waals surface area contributed by atoms with Gasteiger partial charge in [-0.1, -0.05) is 18.5 Å². The summed E-state index contributed by atoms with van der Waals surface area (Å²) in [5.41, 5.74) is 0.620. The maximum Gasteiger partial charge on any atom is 0.340 e. The van der Waals surface area contributed by atoms with Crippen LogP contribution in [-0.2, 0) is 9.53 Å². The number of nitrogens with one attached hydrogen (secondary N) is 2. The SMILES string of the molecule is CCC(C)NCC(=O)Nc1ccc(Cl)cc1C(=O)OC. The Morgan fingerprint density at radius 1 is 1.40 bits per heavy atom. The maximum atomic E-state index is 11.8. The average molecular weight is 299 g/mol. The number of ether oxygens (including phenoxy) is 1. The van der Waals surface area contributed by atoms with Gasteiger partial charge in [0.05, 0.1) is 24.9 Å². The van der Waals surface area contributed by atoms with Crippen LogP contribution in [0.25, 0.3) is 0 Å². The van der Waals surface area contributed by atoms with E-state index in [2.05, 4.69) is 15.4 Å². The van der Waals surface area contributed by atoms with Crippen molar-refractivity contribution in [1.29, 1.82) is 0 Å². The minimum Gasteiger partial charge on any atom is -0.465 e. The third kappa shape index (κ3) is 4.83. The number of rotatable bonds is 6. The predicted molar refractivity (Wildman–Crippen MR) is 79.2 cm³/mol. The second-order valence-corrected chi connectivity index (χ2v) is 4.86. The number of methoxy groups -OCH3 is 1. The predicted octanol–water partition coefficient (Wildman–Crippen LogP) is 2.45. The smallest absolute Gasteiger partial charge is 0.340 e. The van der Waals surface area contributed by atoms with Crippen molar-refractivity contribution in [2.45, 2.75) is 26.3 Å². The highest BCUT2D eigenvalue weighted by Crippen LogP contribution is 2.21. The molecule has 1 atom stereocenters. The number of hydrogen-bond donors (Lipinski definition) is 2. The number of esters is 1. The van der Waals surface area contributed by atoms with Gasteiger partial charge in [-0.05, 0) is 31.5 Å². The molecule has 0 saturated carbocycles. The van der Waals surface area contributed by atoms with Crippen molar-refractivity contribution >= 4 is 29.2 Å². The van der Waals surface area contributed by atoms with Gasteiger partial charge in [0.25, 0.3) is 0 Å². The van der Waals surface area contributed by atoms with E-state index >= 15 is 0 Å². The minimum absolute atomic E-state index is 0.179. The summed E-state index contributed by atoms with van der Waals surface area (Å²) in [6.07, 6.45) is 0.932. The summed E-state index contributed by atoms with van der Waals surface area (Å²) < 4.78 is 4.66. The largest absolute Gasteiger partial charge is 0.465 e. The standard InChI is InChI=1S/C14H19ClN2O3/c1-4-9(2)16-8-13(18)17-12-6-5-10(15)7-11(12)14(19)20-3/h5-7,9,16H,4,8H2,1-3H3,(H,17,18). The fraction of sp³-hybridized carbons (Fsp3) is 0.429. The van der Waals surface area contributed by atoms with E-state index in [-0.39, 0.29) is 24.1 Å². The molecule has 0 aliphatic heterocycles. The van der Waals surface area contributed by atoms with Crippen LogP contribution < -0.4 is 10.6 Å². The number of carbonyl (C=O) groups excluding carboxylic acids is 2. The molecule has 1 aromatic rings. The summed E-state index contributed by atoms with van der Waals surface area (Å²) in [4.78, 5) is 23.5. The normalized spacial score (nSPS) is 11.8. The van der Waals surface area contributed by atoms with Crippen LogP contribution >= 0.6 is 11.6 Å². The molecule has 0 aromatic heterocycles. The van der Waals surface area contributed by atoms with E-state index in [1.165, 1.54) is 13.2 Å². The molecule has 0 heterocycles. The quantitative estimate of drug-likeness (QED) is 0.792. The van der Waals surface area contributed by atoms with Gasteiger partial charge >= 0.3 is 5.97 Å². The number of amides is 1. The van der Waals surface area contributed by atoms with Crippen molar-refractivity contribution in [3.63, 3.8) is 0 Å². The minimum atomic E-state index is -0.544. The van der Waals surface area contributed by atoms with Crippen LogP contribution in [0.4, 0.5) is 5.69 Å². The zero-order valence-corrected chi connectivity index (χ0v) is 12.6. The molecule has 5 nitrogen and oxygen atoms in total. The maximum absolute atomic E-state index is 11.8. The molecule has 0 saturated heterocycles. The van der Waals surface area contributed by atoms with Gasteiger partial charge in [-0.15, -0.1) is 0 Å². The van der Waals surface area contributed by atoms with Crippen LogP contribution in [0, 0.1) is 0 Å². The molecule has 0 bridgehead atoms. The third-order valence-corrected chi connectivity index (χ3v) is 3.12. The van der Waals surface area contributed by atoms with Crippen LogP contribution in [0.5, 0.6) is 0 Å². The second kappa shape index (κ2) is 7.87. The third-order valence-electron chi connectivity index (χ3n) is 2.88. The van der Waals surface area contributed by atoms with Gasteiger partial charge in [-0.2, -0.15) is 0 Å². The Labute approximate surface area is 123 Å². The number of halogens is 1. The van der Waals surface area contributed by atoms with Gasteiger partial charge in [0.1, 0.15) is 0 Å². The highest BCUT2D eigenvalue weighted by Gasteiger charge is 2.14. The zero-order valence-electron chi connectivity index (χ0n) is 11.8. The van der Waals surface area contributed by atoms with E-state index in [9.17, 15) is 9.59 Å². The molecule has 0 aliphatic carbocycles. The fourth-order valence-corrected chi connectivity index (χ4v) is 1.68. The molecule has 0 radical (unpaired) electrons. The fourth-order valence-electron chi connectivity index (χ4n) is 1.51. The van der Waals surface area contributed by atoms with Crippen molar-refractivity contribution in [3.05, 3.63) is 28.8 Å². The monoisotopic (exact) mass is 298 g/mol. The lowest BCUT2D eigenvalue weighted by molar-refractivity contribution is -0.115. The molecule has 1 aromatic carbocycles. The lowest BCUT2D eigenvalue weighted by atomic mass is 10.1. The molecule has 6 heteroatoms. The second-order valence-electron chi connectivity index (χ2n) is 4.42. The van der Waals surface area contributed by atoms with E-state index in [0.29, 0.717) is 10.7 Å². The van der Waals surface area contributed by atoms with E-state index in [1.54, 1.807) is 12.1 Å². The Balaban J connectivity index is 2.76. The summed E-state index contributed by atoms with van der Waals surface area (Å²) in [5, 5.41) is 6.15. The average Bonchev–Trinajstić information content (AvgIpc) is 2.45. The first-order valence-corrected chi connectivity index (χ1v) is 6.76. The summed E-state index contributed by atoms with van der Waals surface area (Å²) >= 11 is 5.84. The number of hydrogen-bond acceptors (Lipinski definition) is 4. The lowest BCUT2D eigenvalue weighted by Crippen LogP contribution is -2.34. The molecule has 2 N–H and O–H groups in total. The number of carbonyl (C=O) groups is 2. The molecule has 110 valence electrons. The first-order chi connectivity index (χ1) is 9.47. The Morgan fingerprint density at radius 3 is 2.70 bits per heavy atom. The van der Waals surface area contributed by atoms with E-state index in [0.717, 1.165) is 6.42 Å². The van der Waals surface area contributed by atoms with Crippen molar-refractivity contribution in [1.82, 2.24) is 5.32 Å². The number of benzene rings is 1. The molecule has 1 amide bonds. The summed E-state index contributed by atoms with van der Waals surface area (Å²) in [7, 11) is 1.28. The molecule has 0 aliphatic rings. The number of anilines is 1. The van der Waals surface area contributed by atoms with Crippen LogP contribution in [0.15, 0.2) is 18.2 Å². The Bertz CT molecular complexity index is 491. The Morgan fingerprint density at radius 2 is 2.10 bits per heavy atom.